The van der Waals surface area contributed by atoms with E-state index < -0.39 is 0 Å². The van der Waals surface area contributed by atoms with Gasteiger partial charge in [-0.05, 0) is 0 Å². The van der Waals surface area contributed by atoms with Gasteiger partial charge in [0, 0.05) is 97.3 Å². The topological polar surface area (TPSA) is 0 Å². The number of rotatable bonds is 0. The molecule has 0 atom stereocenters. The molecule has 40 valence electrons. The molecule has 0 fully saturated rings. The fraction of sp³-hybridized carbons (Fsp3) is 0. The van der Waals surface area contributed by atoms with Crippen molar-refractivity contribution in [2.45, 2.75) is 0 Å². The van der Waals surface area contributed by atoms with Crippen LogP contribution in [-0.4, -0.2) is 0 Å². The SMILES string of the molecule is [Cu].[Cu].[W].[W].[W]. The maximum atomic E-state index is 0. The van der Waals surface area contributed by atoms with E-state index in [2.05, 4.69) is 0 Å². The van der Waals surface area contributed by atoms with Crippen LogP contribution in [0.15, 0.2) is 0 Å². The summed E-state index contributed by atoms with van der Waals surface area (Å²) in [7, 11) is 0. The van der Waals surface area contributed by atoms with Gasteiger partial charge in [0.25, 0.3) is 0 Å². The van der Waals surface area contributed by atoms with Crippen molar-refractivity contribution in [3.8, 4) is 0 Å². The summed E-state index contributed by atoms with van der Waals surface area (Å²) in [5.41, 5.74) is 0. The fourth-order valence-electron chi connectivity index (χ4n) is 0. The first kappa shape index (κ1) is 42.4. The van der Waals surface area contributed by atoms with E-state index in [9.17, 15) is 0 Å². The molecule has 5 heteroatoms. The summed E-state index contributed by atoms with van der Waals surface area (Å²) in [6.45, 7) is 0. The van der Waals surface area contributed by atoms with E-state index in [1.165, 1.54) is 0 Å². The van der Waals surface area contributed by atoms with Crippen molar-refractivity contribution in [1.82, 2.24) is 0 Å². The van der Waals surface area contributed by atoms with Gasteiger partial charge in [0.15, 0.2) is 0 Å². The van der Waals surface area contributed by atoms with Crippen LogP contribution in [0.4, 0.5) is 0 Å². The summed E-state index contributed by atoms with van der Waals surface area (Å²) in [5, 5.41) is 0. The molecule has 0 aromatic rings. The van der Waals surface area contributed by atoms with Crippen LogP contribution in [0.2, 0.25) is 0 Å². The molecule has 0 N–H and O–H groups in total. The number of hydrogen-bond acceptors (Lipinski definition) is 0. The van der Waals surface area contributed by atoms with Crippen molar-refractivity contribution >= 4 is 0 Å². The number of hydrogen-bond donors (Lipinski definition) is 0. The summed E-state index contributed by atoms with van der Waals surface area (Å²) in [5.74, 6) is 0. The summed E-state index contributed by atoms with van der Waals surface area (Å²) in [6.07, 6.45) is 0. The van der Waals surface area contributed by atoms with Crippen molar-refractivity contribution < 1.29 is 97.3 Å². The maximum Gasteiger partial charge on any atom is 0 e. The molecule has 0 saturated heterocycles. The average Bonchev–Trinajstić information content (AvgIpc) is 0. The van der Waals surface area contributed by atoms with Gasteiger partial charge in [-0.2, -0.15) is 0 Å². The standard InChI is InChI=1S/2Cu.3W. The van der Waals surface area contributed by atoms with Crippen molar-refractivity contribution in [2.75, 3.05) is 0 Å². The van der Waals surface area contributed by atoms with Gasteiger partial charge in [0.1, 0.15) is 0 Å². The van der Waals surface area contributed by atoms with Gasteiger partial charge in [-0.3, -0.25) is 0 Å². The first-order valence-corrected chi connectivity index (χ1v) is 0. The molecule has 0 aliphatic rings. The molecule has 0 nitrogen and oxygen atoms in total. The minimum Gasteiger partial charge on any atom is 0 e. The fourth-order valence-corrected chi connectivity index (χ4v) is 0. The second-order valence-electron chi connectivity index (χ2n) is 0. The average molecular weight is 679 g/mol. The Morgan fingerprint density at radius 1 is 0.400 bits per heavy atom. The Morgan fingerprint density at radius 2 is 0.400 bits per heavy atom. The first-order valence-electron chi connectivity index (χ1n) is 0. The zero-order valence-electron chi connectivity index (χ0n) is 1.83. The van der Waals surface area contributed by atoms with E-state index in [1.54, 1.807) is 0 Å². The molecule has 0 bridgehead atoms. The van der Waals surface area contributed by atoms with Crippen LogP contribution in [0.3, 0.4) is 0 Å². The molecule has 0 saturated carbocycles. The summed E-state index contributed by atoms with van der Waals surface area (Å²) in [4.78, 5) is 0. The second kappa shape index (κ2) is 27.5. The normalized spacial score (nSPS) is 0. The molecule has 0 aliphatic heterocycles. The van der Waals surface area contributed by atoms with Crippen LogP contribution >= 0.6 is 0 Å². The Bertz CT molecular complexity index is 4.85. The minimum atomic E-state index is 0. The molecule has 0 unspecified atom stereocenters. The Hall–Kier alpha value is 3.10. The summed E-state index contributed by atoms with van der Waals surface area (Å²) in [6, 6.07) is 0. The minimum absolute atomic E-state index is 0. The Labute approximate surface area is 95.7 Å². The van der Waals surface area contributed by atoms with Crippen molar-refractivity contribution in [2.24, 2.45) is 0 Å². The van der Waals surface area contributed by atoms with Crippen LogP contribution < -0.4 is 0 Å². The van der Waals surface area contributed by atoms with Crippen LogP contribution in [0.1, 0.15) is 0 Å². The molecule has 0 spiro atoms. The van der Waals surface area contributed by atoms with Crippen LogP contribution in [-0.2, 0) is 97.3 Å². The van der Waals surface area contributed by atoms with Gasteiger partial charge in [0.05, 0.1) is 0 Å². The van der Waals surface area contributed by atoms with E-state index in [1.807, 2.05) is 0 Å². The van der Waals surface area contributed by atoms with E-state index in [0.717, 1.165) is 0 Å². The summed E-state index contributed by atoms with van der Waals surface area (Å²) < 4.78 is 0. The predicted molar refractivity (Wildman–Crippen MR) is 0 cm³/mol. The molecule has 0 amide bonds. The molecule has 5 heavy (non-hydrogen) atoms. The molecule has 0 rings (SSSR count). The van der Waals surface area contributed by atoms with E-state index in [4.69, 9.17) is 0 Å². The third kappa shape index (κ3) is 19.2. The Kier molecular flexibility index (Phi) is 233. The second-order valence-corrected chi connectivity index (χ2v) is 0. The Morgan fingerprint density at radius 3 is 0.400 bits per heavy atom. The quantitative estimate of drug-likeness (QED) is 0.317. The zero-order chi connectivity index (χ0) is 0. The van der Waals surface area contributed by atoms with E-state index in [0.29, 0.717) is 0 Å². The molecule has 0 aromatic carbocycles. The summed E-state index contributed by atoms with van der Waals surface area (Å²) >= 11 is 0. The largest absolute Gasteiger partial charge is 0 e. The van der Waals surface area contributed by atoms with Gasteiger partial charge >= 0.3 is 0 Å². The first-order chi connectivity index (χ1) is 0. The molecule has 0 aromatic heterocycles. The van der Waals surface area contributed by atoms with E-state index in [-0.39, 0.29) is 97.3 Å². The molecule has 0 aliphatic carbocycles. The zero-order valence-corrected chi connectivity index (χ0v) is 12.5. The van der Waals surface area contributed by atoms with Gasteiger partial charge in [-0.25, -0.2) is 0 Å². The monoisotopic (exact) mass is 678 g/mol. The van der Waals surface area contributed by atoms with Crippen LogP contribution in [0, 0.1) is 0 Å². The van der Waals surface area contributed by atoms with Crippen LogP contribution in [0.25, 0.3) is 0 Å². The van der Waals surface area contributed by atoms with E-state index >= 15 is 0 Å². The third-order valence-electron chi connectivity index (χ3n) is 0. The smallest absolute Gasteiger partial charge is 0 e. The van der Waals surface area contributed by atoms with Crippen molar-refractivity contribution in [3.05, 3.63) is 0 Å². The third-order valence-corrected chi connectivity index (χ3v) is 0. The predicted octanol–water partition coefficient (Wildman–Crippen LogP) is -0.0125. The molecular formula is Cu2W3. The Balaban J connectivity index is 0. The van der Waals surface area contributed by atoms with Crippen molar-refractivity contribution in [3.63, 3.8) is 0 Å². The molecular weight excluding hydrogens is 679 g/mol. The van der Waals surface area contributed by atoms with Gasteiger partial charge in [-0.15, -0.1) is 0 Å². The maximum absolute atomic E-state index is 0. The van der Waals surface area contributed by atoms with Crippen molar-refractivity contribution in [1.29, 1.82) is 0 Å². The van der Waals surface area contributed by atoms with Gasteiger partial charge < -0.3 is 0 Å². The molecule has 2 radical (unpaired) electrons. The molecule has 0 heterocycles. The van der Waals surface area contributed by atoms with Gasteiger partial charge in [0.2, 0.25) is 0 Å². The van der Waals surface area contributed by atoms with Crippen LogP contribution in [0.5, 0.6) is 0 Å². The van der Waals surface area contributed by atoms with Gasteiger partial charge in [-0.1, -0.05) is 0 Å².